The number of fused-ring (bicyclic) bond motifs is 1. The summed E-state index contributed by atoms with van der Waals surface area (Å²) in [6.45, 7) is 2.03. The van der Waals surface area contributed by atoms with E-state index in [1.807, 2.05) is 25.4 Å². The zero-order valence-corrected chi connectivity index (χ0v) is 9.54. The van der Waals surface area contributed by atoms with Crippen LogP contribution >= 0.6 is 11.6 Å². The molecule has 1 aromatic heterocycles. The number of halogens is 1. The molecular weight excluding hydrogens is 206 g/mol. The fourth-order valence-corrected chi connectivity index (χ4v) is 1.76. The molecule has 1 unspecified atom stereocenters. The van der Waals surface area contributed by atoms with Crippen LogP contribution < -0.4 is 0 Å². The summed E-state index contributed by atoms with van der Waals surface area (Å²) in [6.07, 6.45) is 5.79. The molecule has 78 valence electrons. The van der Waals surface area contributed by atoms with Crippen LogP contribution in [0.15, 0.2) is 36.7 Å². The Labute approximate surface area is 95.1 Å². The van der Waals surface area contributed by atoms with Crippen LogP contribution in [-0.4, -0.2) is 10.4 Å². The fourth-order valence-electron chi connectivity index (χ4n) is 1.65. The van der Waals surface area contributed by atoms with Gasteiger partial charge in [0.15, 0.2) is 0 Å². The lowest BCUT2D eigenvalue weighted by Gasteiger charge is -2.04. The van der Waals surface area contributed by atoms with Gasteiger partial charge < -0.3 is 0 Å². The van der Waals surface area contributed by atoms with E-state index < -0.39 is 0 Å². The Bertz CT molecular complexity index is 451. The van der Waals surface area contributed by atoms with Gasteiger partial charge in [0.1, 0.15) is 0 Å². The maximum atomic E-state index is 5.94. The van der Waals surface area contributed by atoms with Crippen molar-refractivity contribution >= 4 is 22.4 Å². The second kappa shape index (κ2) is 4.63. The van der Waals surface area contributed by atoms with Crippen molar-refractivity contribution in [3.8, 4) is 0 Å². The molecule has 2 heteroatoms. The second-order valence-electron chi connectivity index (χ2n) is 3.88. The van der Waals surface area contributed by atoms with Gasteiger partial charge in [-0.2, -0.15) is 0 Å². The maximum Gasteiger partial charge on any atom is 0.0346 e. The summed E-state index contributed by atoms with van der Waals surface area (Å²) in [4.78, 5) is 4.10. The van der Waals surface area contributed by atoms with Gasteiger partial charge in [0.05, 0.1) is 0 Å². The summed E-state index contributed by atoms with van der Waals surface area (Å²) in [5, 5.41) is 2.70. The highest BCUT2D eigenvalue weighted by Gasteiger charge is 1.99. The standard InChI is InChI=1S/C13H14ClN/c1-10(14)2-3-11-4-5-13-9-15-7-6-12(13)8-11/h4-10H,2-3H2,1H3. The van der Waals surface area contributed by atoms with Gasteiger partial charge in [-0.1, -0.05) is 18.2 Å². The first-order valence-electron chi connectivity index (χ1n) is 5.22. The number of aromatic nitrogens is 1. The lowest BCUT2D eigenvalue weighted by Crippen LogP contribution is -1.94. The van der Waals surface area contributed by atoms with E-state index in [-0.39, 0.29) is 5.38 Å². The molecule has 0 aliphatic heterocycles. The lowest BCUT2D eigenvalue weighted by atomic mass is 10.0. The Hall–Kier alpha value is -1.08. The molecule has 15 heavy (non-hydrogen) atoms. The third-order valence-corrected chi connectivity index (χ3v) is 2.75. The third-order valence-electron chi connectivity index (χ3n) is 2.54. The molecule has 0 spiro atoms. The number of aryl methyl sites for hydroxylation is 1. The van der Waals surface area contributed by atoms with E-state index in [4.69, 9.17) is 11.6 Å². The minimum absolute atomic E-state index is 0.248. The number of hydrogen-bond acceptors (Lipinski definition) is 1. The quantitative estimate of drug-likeness (QED) is 0.716. The molecule has 0 aliphatic rings. The highest BCUT2D eigenvalue weighted by molar-refractivity contribution is 6.20. The SMILES string of the molecule is CC(Cl)CCc1ccc2cnccc2c1. The summed E-state index contributed by atoms with van der Waals surface area (Å²) >= 11 is 5.94. The van der Waals surface area contributed by atoms with Crippen molar-refractivity contribution in [2.75, 3.05) is 0 Å². The van der Waals surface area contributed by atoms with Gasteiger partial charge in [-0.25, -0.2) is 0 Å². The van der Waals surface area contributed by atoms with Crippen molar-refractivity contribution in [1.82, 2.24) is 4.98 Å². The first-order valence-corrected chi connectivity index (χ1v) is 5.66. The molecule has 0 amide bonds. The number of hydrogen-bond donors (Lipinski definition) is 0. The van der Waals surface area contributed by atoms with Crippen LogP contribution in [0.25, 0.3) is 10.8 Å². The van der Waals surface area contributed by atoms with E-state index in [9.17, 15) is 0 Å². The van der Waals surface area contributed by atoms with Crippen LogP contribution in [0.4, 0.5) is 0 Å². The van der Waals surface area contributed by atoms with E-state index in [0.717, 1.165) is 12.8 Å². The van der Waals surface area contributed by atoms with E-state index in [1.165, 1.54) is 16.3 Å². The molecule has 2 aromatic rings. The second-order valence-corrected chi connectivity index (χ2v) is 4.62. The number of rotatable bonds is 3. The van der Waals surface area contributed by atoms with Crippen molar-refractivity contribution in [1.29, 1.82) is 0 Å². The van der Waals surface area contributed by atoms with Gasteiger partial charge in [0.25, 0.3) is 0 Å². The van der Waals surface area contributed by atoms with E-state index >= 15 is 0 Å². The first-order chi connectivity index (χ1) is 7.25. The smallest absolute Gasteiger partial charge is 0.0346 e. The lowest BCUT2D eigenvalue weighted by molar-refractivity contribution is 0.804. The highest BCUT2D eigenvalue weighted by atomic mass is 35.5. The van der Waals surface area contributed by atoms with Gasteiger partial charge >= 0.3 is 0 Å². The summed E-state index contributed by atoms with van der Waals surface area (Å²) in [7, 11) is 0. The van der Waals surface area contributed by atoms with Crippen molar-refractivity contribution in [2.45, 2.75) is 25.1 Å². The monoisotopic (exact) mass is 219 g/mol. The average Bonchev–Trinajstić information content (AvgIpc) is 2.26. The van der Waals surface area contributed by atoms with Gasteiger partial charge in [-0.05, 0) is 36.8 Å². The molecule has 1 heterocycles. The summed E-state index contributed by atoms with van der Waals surface area (Å²) in [5.74, 6) is 0. The van der Waals surface area contributed by atoms with Crippen LogP contribution in [0.3, 0.4) is 0 Å². The minimum atomic E-state index is 0.248. The molecule has 0 saturated carbocycles. The molecule has 0 radical (unpaired) electrons. The van der Waals surface area contributed by atoms with Crippen LogP contribution in [0.5, 0.6) is 0 Å². The van der Waals surface area contributed by atoms with E-state index in [0.29, 0.717) is 0 Å². The summed E-state index contributed by atoms with van der Waals surface area (Å²) < 4.78 is 0. The van der Waals surface area contributed by atoms with E-state index in [2.05, 4.69) is 23.2 Å². The Balaban J connectivity index is 2.23. The number of nitrogens with zero attached hydrogens (tertiary/aromatic N) is 1. The fraction of sp³-hybridized carbons (Fsp3) is 0.308. The van der Waals surface area contributed by atoms with E-state index in [1.54, 1.807) is 0 Å². The number of alkyl halides is 1. The predicted octanol–water partition coefficient (Wildman–Crippen LogP) is 3.79. The molecule has 0 aliphatic carbocycles. The molecule has 1 atom stereocenters. The minimum Gasteiger partial charge on any atom is -0.264 e. The van der Waals surface area contributed by atoms with Crippen LogP contribution in [0, 0.1) is 0 Å². The normalized spacial score (nSPS) is 12.9. The van der Waals surface area contributed by atoms with Crippen molar-refractivity contribution < 1.29 is 0 Å². The van der Waals surface area contributed by atoms with Crippen LogP contribution in [0.2, 0.25) is 0 Å². The molecule has 2 rings (SSSR count). The number of pyridine rings is 1. The van der Waals surface area contributed by atoms with Crippen LogP contribution in [0.1, 0.15) is 18.9 Å². The highest BCUT2D eigenvalue weighted by Crippen LogP contribution is 2.16. The topological polar surface area (TPSA) is 12.9 Å². The van der Waals surface area contributed by atoms with Gasteiger partial charge in [0, 0.05) is 23.2 Å². The molecule has 0 bridgehead atoms. The molecular formula is C13H14ClN. The predicted molar refractivity (Wildman–Crippen MR) is 65.4 cm³/mol. The molecule has 0 fully saturated rings. The Morgan fingerprint density at radius 2 is 2.13 bits per heavy atom. The van der Waals surface area contributed by atoms with Crippen LogP contribution in [-0.2, 0) is 6.42 Å². The zero-order chi connectivity index (χ0) is 10.7. The number of benzene rings is 1. The molecule has 1 nitrogen and oxygen atoms in total. The first kappa shape index (κ1) is 10.4. The Morgan fingerprint density at radius 1 is 1.27 bits per heavy atom. The van der Waals surface area contributed by atoms with Crippen molar-refractivity contribution in [2.24, 2.45) is 0 Å². The largest absolute Gasteiger partial charge is 0.264 e. The third kappa shape index (κ3) is 2.69. The molecule has 1 aromatic carbocycles. The Kier molecular flexibility index (Phi) is 3.22. The molecule has 0 N–H and O–H groups in total. The van der Waals surface area contributed by atoms with Gasteiger partial charge in [-0.3, -0.25) is 4.98 Å². The van der Waals surface area contributed by atoms with Gasteiger partial charge in [-0.15, -0.1) is 11.6 Å². The zero-order valence-electron chi connectivity index (χ0n) is 8.78. The van der Waals surface area contributed by atoms with Crippen molar-refractivity contribution in [3.63, 3.8) is 0 Å². The maximum absolute atomic E-state index is 5.94. The van der Waals surface area contributed by atoms with Crippen molar-refractivity contribution in [3.05, 3.63) is 42.2 Å². The summed E-state index contributed by atoms with van der Waals surface area (Å²) in [6, 6.07) is 8.54. The summed E-state index contributed by atoms with van der Waals surface area (Å²) in [5.41, 5.74) is 1.35. The van der Waals surface area contributed by atoms with Gasteiger partial charge in [0.2, 0.25) is 0 Å². The Morgan fingerprint density at radius 3 is 2.93 bits per heavy atom. The average molecular weight is 220 g/mol. The molecule has 0 saturated heterocycles.